The Hall–Kier alpha value is -8.27. The van der Waals surface area contributed by atoms with Crippen LogP contribution in [0.2, 0.25) is 0 Å². The van der Waals surface area contributed by atoms with Gasteiger partial charge in [0.2, 0.25) is 23.6 Å². The number of hydrogen-bond acceptors (Lipinski definition) is 15. The van der Waals surface area contributed by atoms with Crippen LogP contribution in [-0.2, 0) is 89.0 Å². The number of cyclic esters (lactones) is 1. The molecule has 8 rings (SSSR count). The first kappa shape index (κ1) is 55.9. The van der Waals surface area contributed by atoms with E-state index < -0.39 is 132 Å². The second kappa shape index (κ2) is 22.7. The fourth-order valence-electron chi connectivity index (χ4n) is 10.4. The zero-order chi connectivity index (χ0) is 56.4. The lowest BCUT2D eigenvalue weighted by Crippen LogP contribution is -2.45. The smallest absolute Gasteiger partial charge is 0.343 e. The van der Waals surface area contributed by atoms with Crippen molar-refractivity contribution >= 4 is 69.9 Å². The number of ketones is 2. The predicted molar refractivity (Wildman–Crippen MR) is 275 cm³/mol. The summed E-state index contributed by atoms with van der Waals surface area (Å²) >= 11 is 0. The molecule has 0 saturated carbocycles. The van der Waals surface area contributed by atoms with Crippen LogP contribution in [0.25, 0.3) is 22.3 Å². The number of aromatic nitrogens is 2. The first-order valence-electron chi connectivity index (χ1n) is 25.7. The highest BCUT2D eigenvalue weighted by molar-refractivity contribution is 6.13. The predicted octanol–water partition coefficient (Wildman–Crippen LogP) is 2.56. The number of ether oxygens (including phenoxy) is 2. The Morgan fingerprint density at radius 1 is 0.897 bits per heavy atom. The number of esters is 2. The summed E-state index contributed by atoms with van der Waals surface area (Å²) in [5, 5.41) is 22.6. The van der Waals surface area contributed by atoms with E-state index >= 15 is 4.39 Å². The maximum atomic E-state index is 15.5. The van der Waals surface area contributed by atoms with E-state index in [0.717, 1.165) is 17.1 Å². The molecule has 1 aliphatic carbocycles. The van der Waals surface area contributed by atoms with Crippen molar-refractivity contribution in [2.24, 2.45) is 5.92 Å². The molecule has 78 heavy (non-hydrogen) atoms. The number of nitrogens with zero attached hydrogens (tertiary/aromatic N) is 3. The number of pyridine rings is 2. The molecule has 5 N–H and O–H groups in total. The summed E-state index contributed by atoms with van der Waals surface area (Å²) < 4.78 is 27.5. The Balaban J connectivity index is 0.908. The van der Waals surface area contributed by atoms with E-state index in [4.69, 9.17) is 14.5 Å². The highest BCUT2D eigenvalue weighted by Gasteiger charge is 2.46. The molecule has 2 aromatic carbocycles. The molecule has 4 aliphatic rings. The summed E-state index contributed by atoms with van der Waals surface area (Å²) in [6.45, 7) is 6.48. The van der Waals surface area contributed by atoms with E-state index in [-0.39, 0.29) is 62.0 Å². The monoisotopic (exact) mass is 1070 g/mol. The average molecular weight is 1070 g/mol. The Morgan fingerprint density at radius 3 is 2.31 bits per heavy atom. The van der Waals surface area contributed by atoms with Gasteiger partial charge in [0.1, 0.15) is 18.0 Å². The van der Waals surface area contributed by atoms with Crippen molar-refractivity contribution in [2.45, 2.75) is 129 Å². The third-order valence-electron chi connectivity index (χ3n) is 14.4. The summed E-state index contributed by atoms with van der Waals surface area (Å²) in [6, 6.07) is 9.57. The molecule has 0 radical (unpaired) electrons. The fourth-order valence-corrected chi connectivity index (χ4v) is 10.4. The zero-order valence-electron chi connectivity index (χ0n) is 43.8. The molecule has 0 unspecified atom stereocenters. The Bertz CT molecular complexity index is 3270. The lowest BCUT2D eigenvalue weighted by molar-refractivity contribution is -0.172. The summed E-state index contributed by atoms with van der Waals surface area (Å²) in [4.78, 5) is 150. The van der Waals surface area contributed by atoms with Crippen molar-refractivity contribution < 1.29 is 66.9 Å². The molecular formula is C56H60FN7O14. The molecule has 2 aromatic heterocycles. The van der Waals surface area contributed by atoms with Gasteiger partial charge in [-0.3, -0.25) is 52.8 Å². The topological polar surface area (TPSA) is 296 Å². The standard InChI is InChI=1S/C56H60FN7O14/c1-6-56(76)36-22-41-51-34(27-64(41)53(74)35(36)28-77-54(56)75)50-38(13-12-33-29(2)37(57)23-40(62-51)49(33)50)60-45(69)26-59-52(73)31(20-30-10-8-7-9-11-30)21-32(65)25-58-43(67)15-14-42(66)39(24-48(72)78-55(3,4)5)61-44(68)18-19-63-46(70)16-17-47(63)71/h7-11,16-17,22-23,31,38-39,76H,6,12-15,18-21,24-28H2,1-5H3,(H,58,67)(H,59,73)(H,60,69)(H,61,68)/t31-,38+,39+,56+/m1/s1. The molecule has 3 aliphatic heterocycles. The van der Waals surface area contributed by atoms with Crippen LogP contribution < -0.4 is 26.8 Å². The highest BCUT2D eigenvalue weighted by atomic mass is 19.1. The molecule has 0 saturated heterocycles. The van der Waals surface area contributed by atoms with Crippen molar-refractivity contribution in [1.29, 1.82) is 0 Å². The van der Waals surface area contributed by atoms with Gasteiger partial charge in [0, 0.05) is 72.9 Å². The highest BCUT2D eigenvalue weighted by Crippen LogP contribution is 2.46. The first-order chi connectivity index (χ1) is 37.0. The van der Waals surface area contributed by atoms with Gasteiger partial charge < -0.3 is 40.4 Å². The van der Waals surface area contributed by atoms with Crippen molar-refractivity contribution in [3.63, 3.8) is 0 Å². The van der Waals surface area contributed by atoms with E-state index in [1.807, 2.05) is 0 Å². The molecular weight excluding hydrogens is 1010 g/mol. The van der Waals surface area contributed by atoms with Gasteiger partial charge >= 0.3 is 11.9 Å². The minimum atomic E-state index is -2.08. The van der Waals surface area contributed by atoms with Crippen LogP contribution in [0, 0.1) is 18.7 Å². The summed E-state index contributed by atoms with van der Waals surface area (Å²) in [5.41, 5.74) is 0.678. The number of nitrogens with one attached hydrogen (secondary N) is 4. The van der Waals surface area contributed by atoms with Gasteiger partial charge in [-0.2, -0.15) is 0 Å². The largest absolute Gasteiger partial charge is 0.460 e. The molecule has 5 heterocycles. The SMILES string of the molecule is CC[C@@]1(O)C(=O)OCc2c1cc1n(c2=O)Cc2c-1nc1cc(F)c(C)c3c1c2[C@@H](NC(=O)CNC(=O)[C@@H](CC(=O)CNC(=O)CCC(=O)[C@H](CC(=O)OC(C)(C)C)NC(=O)CCN1C(=O)C=CC1=O)Cc1ccccc1)CC3. The van der Waals surface area contributed by atoms with Crippen molar-refractivity contribution in [1.82, 2.24) is 35.7 Å². The average Bonchev–Trinajstić information content (AvgIpc) is 4.11. The van der Waals surface area contributed by atoms with E-state index in [2.05, 4.69) is 21.3 Å². The van der Waals surface area contributed by atoms with Gasteiger partial charge in [0.15, 0.2) is 17.2 Å². The first-order valence-corrected chi connectivity index (χ1v) is 25.7. The summed E-state index contributed by atoms with van der Waals surface area (Å²) in [6.07, 6.45) is 0.632. The van der Waals surface area contributed by atoms with Gasteiger partial charge in [0.25, 0.3) is 17.4 Å². The second-order valence-corrected chi connectivity index (χ2v) is 20.9. The van der Waals surface area contributed by atoms with Gasteiger partial charge in [0.05, 0.1) is 60.6 Å². The van der Waals surface area contributed by atoms with Crippen LogP contribution in [-0.4, -0.2) is 110 Å². The number of halogens is 1. The van der Waals surface area contributed by atoms with Crippen molar-refractivity contribution in [3.8, 4) is 11.4 Å². The van der Waals surface area contributed by atoms with Crippen LogP contribution in [0.1, 0.15) is 118 Å². The summed E-state index contributed by atoms with van der Waals surface area (Å²) in [7, 11) is 0. The molecule has 0 fully saturated rings. The van der Waals surface area contributed by atoms with Crippen LogP contribution in [0.5, 0.6) is 0 Å². The number of carbonyl (C=O) groups excluding carboxylic acids is 10. The molecule has 0 bridgehead atoms. The zero-order valence-corrected chi connectivity index (χ0v) is 43.8. The molecule has 4 atom stereocenters. The normalized spacial score (nSPS) is 17.8. The van der Waals surface area contributed by atoms with Gasteiger partial charge in [-0.05, 0) is 81.7 Å². The molecule has 6 amide bonds. The number of aliphatic hydroxyl groups is 1. The van der Waals surface area contributed by atoms with Crippen molar-refractivity contribution in [3.05, 3.63) is 110 Å². The number of rotatable bonds is 21. The maximum Gasteiger partial charge on any atom is 0.343 e. The molecule has 22 heteroatoms. The number of Topliss-reactive ketones (excluding diaryl/α,β-unsaturated/α-hetero) is 2. The Labute approximate surface area is 446 Å². The van der Waals surface area contributed by atoms with Crippen LogP contribution in [0.15, 0.2) is 59.4 Å². The number of benzene rings is 2. The van der Waals surface area contributed by atoms with Gasteiger partial charge in [-0.15, -0.1) is 0 Å². The number of carbonyl (C=O) groups is 10. The van der Waals surface area contributed by atoms with E-state index in [9.17, 15) is 57.8 Å². The number of amides is 6. The van der Waals surface area contributed by atoms with Crippen LogP contribution >= 0.6 is 0 Å². The number of hydrogen-bond donors (Lipinski definition) is 5. The third kappa shape index (κ3) is 12.0. The van der Waals surface area contributed by atoms with E-state index in [0.29, 0.717) is 57.4 Å². The lowest BCUT2D eigenvalue weighted by atomic mass is 9.81. The lowest BCUT2D eigenvalue weighted by Gasteiger charge is -2.31. The molecule has 410 valence electrons. The maximum absolute atomic E-state index is 15.5. The third-order valence-corrected chi connectivity index (χ3v) is 14.4. The fraction of sp³-hybridized carbons (Fsp3) is 0.429. The van der Waals surface area contributed by atoms with Gasteiger partial charge in [-0.1, -0.05) is 37.3 Å². The number of aryl methyl sites for hydroxylation is 1. The number of fused-ring (bicyclic) bond motifs is 5. The Morgan fingerprint density at radius 2 is 1.62 bits per heavy atom. The van der Waals surface area contributed by atoms with Crippen LogP contribution in [0.3, 0.4) is 0 Å². The van der Waals surface area contributed by atoms with E-state index in [1.54, 1.807) is 71.0 Å². The van der Waals surface area contributed by atoms with Gasteiger partial charge in [-0.25, -0.2) is 14.2 Å². The molecule has 21 nitrogen and oxygen atoms in total. The Kier molecular flexibility index (Phi) is 16.3. The second-order valence-electron chi connectivity index (χ2n) is 20.9. The quantitative estimate of drug-likeness (QED) is 0.0521. The van der Waals surface area contributed by atoms with Crippen molar-refractivity contribution in [2.75, 3.05) is 19.6 Å². The molecule has 4 aromatic rings. The van der Waals surface area contributed by atoms with Crippen LogP contribution in [0.4, 0.5) is 4.39 Å². The summed E-state index contributed by atoms with van der Waals surface area (Å²) in [5.74, 6) is -8.31. The minimum Gasteiger partial charge on any atom is -0.460 e. The molecule has 0 spiro atoms. The number of imide groups is 1. The van der Waals surface area contributed by atoms with E-state index in [1.165, 1.54) is 10.6 Å². The minimum absolute atomic E-state index is 0.0188.